The first kappa shape index (κ1) is 15.4. The van der Waals surface area contributed by atoms with Crippen LogP contribution >= 0.6 is 15.9 Å². The molecule has 1 fully saturated rings. The van der Waals surface area contributed by atoms with Crippen LogP contribution in [0.15, 0.2) is 34.9 Å². The van der Waals surface area contributed by atoms with Crippen molar-refractivity contribution >= 4 is 32.7 Å². The summed E-state index contributed by atoms with van der Waals surface area (Å²) in [4.78, 5) is 15.0. The number of amides is 1. The van der Waals surface area contributed by atoms with Crippen LogP contribution < -0.4 is 5.73 Å². The van der Waals surface area contributed by atoms with Crippen molar-refractivity contribution in [1.82, 2.24) is 14.8 Å². The molecule has 24 heavy (non-hydrogen) atoms. The fourth-order valence-corrected chi connectivity index (χ4v) is 3.65. The molecule has 124 valence electrons. The number of carbonyl (C=O) groups excluding carboxylic acids is 1. The van der Waals surface area contributed by atoms with Gasteiger partial charge in [-0.15, -0.1) is 0 Å². The van der Waals surface area contributed by atoms with E-state index in [-0.39, 0.29) is 6.23 Å². The number of halogens is 1. The highest BCUT2D eigenvalue weighted by Crippen LogP contribution is 2.33. The quantitative estimate of drug-likeness (QED) is 0.718. The Balaban J connectivity index is 1.83. The van der Waals surface area contributed by atoms with Gasteiger partial charge in [-0.3, -0.25) is 4.79 Å². The van der Waals surface area contributed by atoms with E-state index in [1.807, 2.05) is 22.9 Å². The van der Waals surface area contributed by atoms with E-state index < -0.39 is 5.91 Å². The van der Waals surface area contributed by atoms with E-state index in [1.54, 1.807) is 12.3 Å². The van der Waals surface area contributed by atoms with Crippen LogP contribution in [0.4, 0.5) is 0 Å². The van der Waals surface area contributed by atoms with Gasteiger partial charge in [0.15, 0.2) is 6.23 Å². The van der Waals surface area contributed by atoms with Crippen molar-refractivity contribution in [2.24, 2.45) is 5.73 Å². The molecule has 0 saturated carbocycles. The number of rotatable bonds is 3. The number of aromatic nitrogens is 3. The first-order chi connectivity index (χ1) is 11.6. The molecule has 1 amide bonds. The van der Waals surface area contributed by atoms with E-state index in [1.165, 1.54) is 0 Å². The highest BCUT2D eigenvalue weighted by molar-refractivity contribution is 9.10. The molecule has 0 aliphatic carbocycles. The zero-order valence-electron chi connectivity index (χ0n) is 13.0. The summed E-state index contributed by atoms with van der Waals surface area (Å²) in [6.45, 7) is 0.758. The first-order valence-electron chi connectivity index (χ1n) is 7.91. The first-order valence-corrected chi connectivity index (χ1v) is 8.71. The second kappa shape index (κ2) is 6.07. The Bertz CT molecular complexity index is 909. The fraction of sp³-hybridized carbons (Fsp3) is 0.294. The van der Waals surface area contributed by atoms with Gasteiger partial charge in [-0.1, -0.05) is 15.9 Å². The van der Waals surface area contributed by atoms with E-state index in [9.17, 15) is 4.79 Å². The molecule has 6 nitrogen and oxygen atoms in total. The van der Waals surface area contributed by atoms with E-state index in [4.69, 9.17) is 10.5 Å². The van der Waals surface area contributed by atoms with Crippen molar-refractivity contribution < 1.29 is 9.53 Å². The maximum absolute atomic E-state index is 11.7. The van der Waals surface area contributed by atoms with Gasteiger partial charge in [-0.05, 0) is 43.5 Å². The molecule has 3 N–H and O–H groups in total. The lowest BCUT2D eigenvalue weighted by Gasteiger charge is -2.24. The smallest absolute Gasteiger partial charge is 0.250 e. The van der Waals surface area contributed by atoms with Gasteiger partial charge in [-0.2, -0.15) is 5.10 Å². The predicted molar refractivity (Wildman–Crippen MR) is 94.6 cm³/mol. The van der Waals surface area contributed by atoms with Crippen LogP contribution in [0.5, 0.6) is 0 Å². The molecule has 3 aromatic rings. The molecule has 1 aliphatic rings. The van der Waals surface area contributed by atoms with Gasteiger partial charge in [0.1, 0.15) is 0 Å². The third-order valence-corrected chi connectivity index (χ3v) is 5.07. The van der Waals surface area contributed by atoms with Crippen molar-refractivity contribution in [2.45, 2.75) is 25.5 Å². The minimum Gasteiger partial charge on any atom is -0.366 e. The number of carbonyl (C=O) groups is 1. The number of nitrogens with one attached hydrogen (secondary N) is 1. The van der Waals surface area contributed by atoms with Gasteiger partial charge in [0.05, 0.1) is 22.5 Å². The van der Waals surface area contributed by atoms with Gasteiger partial charge < -0.3 is 15.5 Å². The van der Waals surface area contributed by atoms with Gasteiger partial charge in [0, 0.05) is 22.7 Å². The molecule has 1 saturated heterocycles. The fourth-order valence-electron chi connectivity index (χ4n) is 3.20. The number of benzene rings is 1. The average molecular weight is 389 g/mol. The molecule has 1 atom stereocenters. The van der Waals surface area contributed by atoms with Crippen molar-refractivity contribution in [2.75, 3.05) is 6.61 Å². The van der Waals surface area contributed by atoms with E-state index in [2.05, 4.69) is 26.0 Å². The second-order valence-corrected chi connectivity index (χ2v) is 6.77. The van der Waals surface area contributed by atoms with Crippen LogP contribution in [-0.4, -0.2) is 27.3 Å². The number of nitrogens with zero attached hydrogens (tertiary/aromatic N) is 2. The summed E-state index contributed by atoms with van der Waals surface area (Å²) < 4.78 is 8.66. The zero-order valence-corrected chi connectivity index (χ0v) is 14.5. The topological polar surface area (TPSA) is 85.9 Å². The lowest BCUT2D eigenvalue weighted by atomic mass is 10.1. The standard InChI is InChI=1S/C17H17BrN4O2/c18-12-5-4-10(17(19)23)16-11(12)9-13(21-16)14-6-7-20-22(14)15-3-1-2-8-24-15/h4-7,9,15,21H,1-3,8H2,(H2,19,23). The Labute approximate surface area is 147 Å². The van der Waals surface area contributed by atoms with Crippen LogP contribution in [0.2, 0.25) is 0 Å². The number of nitrogens with two attached hydrogens (primary N) is 1. The number of ether oxygens (including phenoxy) is 1. The highest BCUT2D eigenvalue weighted by Gasteiger charge is 2.21. The molecule has 0 radical (unpaired) electrons. The highest BCUT2D eigenvalue weighted by atomic mass is 79.9. The number of hydrogen-bond acceptors (Lipinski definition) is 3. The Morgan fingerprint density at radius 2 is 2.25 bits per heavy atom. The molecule has 3 heterocycles. The minimum atomic E-state index is -0.454. The number of aromatic amines is 1. The number of H-pyrrole nitrogens is 1. The van der Waals surface area contributed by atoms with E-state index >= 15 is 0 Å². The molecular weight excluding hydrogens is 372 g/mol. The van der Waals surface area contributed by atoms with Gasteiger partial charge in [-0.25, -0.2) is 4.68 Å². The summed E-state index contributed by atoms with van der Waals surface area (Å²) in [5.41, 5.74) is 8.50. The van der Waals surface area contributed by atoms with Crippen molar-refractivity contribution in [3.63, 3.8) is 0 Å². The van der Waals surface area contributed by atoms with Crippen LogP contribution in [0.3, 0.4) is 0 Å². The zero-order chi connectivity index (χ0) is 16.7. The largest absolute Gasteiger partial charge is 0.366 e. The maximum Gasteiger partial charge on any atom is 0.250 e. The number of hydrogen-bond donors (Lipinski definition) is 2. The average Bonchev–Trinajstić information content (AvgIpc) is 3.22. The number of fused-ring (bicyclic) bond motifs is 1. The summed E-state index contributed by atoms with van der Waals surface area (Å²) in [6.07, 6.45) is 4.89. The lowest BCUT2D eigenvalue weighted by Crippen LogP contribution is -2.19. The maximum atomic E-state index is 11.7. The molecule has 2 aromatic heterocycles. The minimum absolute atomic E-state index is 0.0470. The molecule has 1 unspecified atom stereocenters. The molecule has 7 heteroatoms. The van der Waals surface area contributed by atoms with Crippen molar-refractivity contribution in [3.05, 3.63) is 40.5 Å². The van der Waals surface area contributed by atoms with Crippen LogP contribution in [-0.2, 0) is 4.74 Å². The van der Waals surface area contributed by atoms with Crippen molar-refractivity contribution in [3.8, 4) is 11.4 Å². The summed E-state index contributed by atoms with van der Waals surface area (Å²) in [5.74, 6) is -0.454. The number of primary amides is 1. The van der Waals surface area contributed by atoms with E-state index in [0.29, 0.717) is 5.56 Å². The molecular formula is C17H17BrN4O2. The van der Waals surface area contributed by atoms with Crippen LogP contribution in [0.25, 0.3) is 22.3 Å². The van der Waals surface area contributed by atoms with Crippen LogP contribution in [0, 0.1) is 0 Å². The third-order valence-electron chi connectivity index (χ3n) is 4.38. The predicted octanol–water partition coefficient (Wildman–Crippen LogP) is 3.59. The normalized spacial score (nSPS) is 18.1. The third kappa shape index (κ3) is 2.53. The summed E-state index contributed by atoms with van der Waals surface area (Å²) >= 11 is 3.53. The monoisotopic (exact) mass is 388 g/mol. The molecule has 0 spiro atoms. The van der Waals surface area contributed by atoms with Crippen LogP contribution in [0.1, 0.15) is 35.8 Å². The van der Waals surface area contributed by atoms with Gasteiger partial charge in [0.25, 0.3) is 5.91 Å². The molecule has 0 bridgehead atoms. The summed E-state index contributed by atoms with van der Waals surface area (Å²) in [5, 5.41) is 5.35. The molecule has 1 aliphatic heterocycles. The summed E-state index contributed by atoms with van der Waals surface area (Å²) in [6, 6.07) is 7.50. The Kier molecular flexibility index (Phi) is 3.90. The molecule has 1 aromatic carbocycles. The van der Waals surface area contributed by atoms with Gasteiger partial charge >= 0.3 is 0 Å². The Morgan fingerprint density at radius 3 is 3.00 bits per heavy atom. The molecule has 4 rings (SSSR count). The lowest BCUT2D eigenvalue weighted by molar-refractivity contribution is -0.0384. The second-order valence-electron chi connectivity index (χ2n) is 5.91. The van der Waals surface area contributed by atoms with Gasteiger partial charge in [0.2, 0.25) is 0 Å². The Hall–Kier alpha value is -2.12. The van der Waals surface area contributed by atoms with E-state index in [0.717, 1.165) is 52.6 Å². The summed E-state index contributed by atoms with van der Waals surface area (Å²) in [7, 11) is 0. The Morgan fingerprint density at radius 1 is 1.38 bits per heavy atom. The SMILES string of the molecule is NC(=O)c1ccc(Br)c2cc(-c3ccnn3C3CCCCO3)[nH]c12. The van der Waals surface area contributed by atoms with Crippen molar-refractivity contribution in [1.29, 1.82) is 0 Å².